The van der Waals surface area contributed by atoms with Gasteiger partial charge in [-0.1, -0.05) is 0 Å². The number of hydrogen-bond acceptors (Lipinski definition) is 2. The van der Waals surface area contributed by atoms with E-state index in [1.807, 2.05) is 0 Å². The summed E-state index contributed by atoms with van der Waals surface area (Å²) in [6.07, 6.45) is 3.54. The number of hydrogen-bond donors (Lipinski definition) is 2. The quantitative estimate of drug-likeness (QED) is 0.640. The van der Waals surface area contributed by atoms with Gasteiger partial charge in [-0.25, -0.2) is 0 Å². The summed E-state index contributed by atoms with van der Waals surface area (Å²) in [6.45, 7) is 3.19. The van der Waals surface area contributed by atoms with Gasteiger partial charge in [0.1, 0.15) is 0 Å². The van der Waals surface area contributed by atoms with Crippen LogP contribution in [0.1, 0.15) is 26.2 Å². The van der Waals surface area contributed by atoms with Crippen LogP contribution in [0.5, 0.6) is 0 Å². The molecule has 2 saturated heterocycles. The predicted octanol–water partition coefficient (Wildman–Crippen LogP) is 0.263. The van der Waals surface area contributed by atoms with Crippen molar-refractivity contribution in [3.05, 3.63) is 0 Å². The molecule has 3 unspecified atom stereocenters. The topological polar surface area (TPSA) is 41.1 Å². The summed E-state index contributed by atoms with van der Waals surface area (Å²) in [5, 5.41) is 6.52. The number of nitrogens with one attached hydrogen (secondary N) is 2. The normalized spacial score (nSPS) is 43.9. The summed E-state index contributed by atoms with van der Waals surface area (Å²) in [5.74, 6) is 1.22. The van der Waals surface area contributed by atoms with E-state index in [1.165, 1.54) is 6.42 Å². The fourth-order valence-corrected chi connectivity index (χ4v) is 2.57. The molecule has 72 valence electrons. The van der Waals surface area contributed by atoms with E-state index in [9.17, 15) is 4.79 Å². The second-order valence-corrected chi connectivity index (χ2v) is 5.09. The number of carbonyl (C=O) groups is 1. The molecular weight excluding hydrogens is 164 g/mol. The van der Waals surface area contributed by atoms with Crippen molar-refractivity contribution >= 4 is 5.91 Å². The molecule has 1 amide bonds. The molecule has 2 saturated carbocycles. The van der Waals surface area contributed by atoms with Crippen LogP contribution in [0, 0.1) is 11.8 Å². The minimum atomic E-state index is 0.159. The van der Waals surface area contributed by atoms with Gasteiger partial charge in [0.25, 0.3) is 0 Å². The molecule has 2 N–H and O–H groups in total. The van der Waals surface area contributed by atoms with Crippen LogP contribution in [-0.4, -0.2) is 24.0 Å². The van der Waals surface area contributed by atoms with Crippen LogP contribution in [0.3, 0.4) is 0 Å². The first-order valence-corrected chi connectivity index (χ1v) is 5.23. The molecule has 4 rings (SSSR count). The Hall–Kier alpha value is -0.570. The summed E-state index contributed by atoms with van der Waals surface area (Å²) in [4.78, 5) is 11.8. The second-order valence-electron chi connectivity index (χ2n) is 5.09. The summed E-state index contributed by atoms with van der Waals surface area (Å²) in [6, 6.07) is 0.493. The van der Waals surface area contributed by atoms with Crippen LogP contribution < -0.4 is 10.6 Å². The highest BCUT2D eigenvalue weighted by Crippen LogP contribution is 2.42. The second kappa shape index (κ2) is 2.27. The largest absolute Gasteiger partial charge is 0.351 e. The molecule has 3 heteroatoms. The lowest BCUT2D eigenvalue weighted by atomic mass is 9.73. The smallest absolute Gasteiger partial charge is 0.225 e. The molecule has 2 aliphatic carbocycles. The molecule has 13 heavy (non-hydrogen) atoms. The Balaban J connectivity index is 1.63. The molecule has 0 spiro atoms. The Bertz CT molecular complexity index is 246. The number of rotatable bonds is 2. The molecule has 2 heterocycles. The standard InChI is InChI=1S/C10H16N2O/c1-10(2-3-10)12-9(13)8-6-4-7(8)11-5-6/h6-8,11H,2-5H2,1H3,(H,12,13). The lowest BCUT2D eigenvalue weighted by molar-refractivity contribution is -0.130. The molecule has 3 nitrogen and oxygen atoms in total. The van der Waals surface area contributed by atoms with Crippen molar-refractivity contribution in [2.24, 2.45) is 11.8 Å². The summed E-state index contributed by atoms with van der Waals surface area (Å²) >= 11 is 0. The van der Waals surface area contributed by atoms with Gasteiger partial charge in [-0.2, -0.15) is 0 Å². The van der Waals surface area contributed by atoms with Gasteiger partial charge in [0.15, 0.2) is 0 Å². The zero-order valence-electron chi connectivity index (χ0n) is 7.97. The minimum Gasteiger partial charge on any atom is -0.351 e. The van der Waals surface area contributed by atoms with E-state index in [0.717, 1.165) is 19.4 Å². The zero-order valence-corrected chi connectivity index (χ0v) is 7.97. The number of fused-ring (bicyclic) bond motifs is 1. The third-order valence-electron chi connectivity index (χ3n) is 3.87. The Morgan fingerprint density at radius 3 is 2.77 bits per heavy atom. The summed E-state index contributed by atoms with van der Waals surface area (Å²) < 4.78 is 0. The van der Waals surface area contributed by atoms with E-state index in [2.05, 4.69) is 17.6 Å². The van der Waals surface area contributed by atoms with Gasteiger partial charge in [-0.3, -0.25) is 4.79 Å². The molecule has 3 atom stereocenters. The van der Waals surface area contributed by atoms with E-state index in [4.69, 9.17) is 0 Å². The average molecular weight is 180 g/mol. The van der Waals surface area contributed by atoms with Crippen LogP contribution >= 0.6 is 0 Å². The van der Waals surface area contributed by atoms with Gasteiger partial charge in [-0.15, -0.1) is 0 Å². The van der Waals surface area contributed by atoms with Gasteiger partial charge < -0.3 is 10.6 Å². The number of amides is 1. The maximum atomic E-state index is 11.8. The van der Waals surface area contributed by atoms with Crippen LogP contribution in [0.4, 0.5) is 0 Å². The molecule has 0 aromatic carbocycles. The van der Waals surface area contributed by atoms with Gasteiger partial charge >= 0.3 is 0 Å². The van der Waals surface area contributed by atoms with Crippen molar-refractivity contribution in [1.82, 2.24) is 10.6 Å². The van der Waals surface area contributed by atoms with E-state index >= 15 is 0 Å². The maximum absolute atomic E-state index is 11.8. The summed E-state index contributed by atoms with van der Waals surface area (Å²) in [7, 11) is 0. The highest BCUT2D eigenvalue weighted by molar-refractivity contribution is 5.82. The first kappa shape index (κ1) is 7.80. The Labute approximate surface area is 78.3 Å². The molecule has 0 radical (unpaired) electrons. The third-order valence-corrected chi connectivity index (χ3v) is 3.87. The van der Waals surface area contributed by atoms with Crippen LogP contribution in [0.2, 0.25) is 0 Å². The monoisotopic (exact) mass is 180 g/mol. The first-order valence-electron chi connectivity index (χ1n) is 5.23. The number of carbonyl (C=O) groups excluding carboxylic acids is 1. The Morgan fingerprint density at radius 2 is 2.31 bits per heavy atom. The van der Waals surface area contributed by atoms with Crippen LogP contribution in [0.25, 0.3) is 0 Å². The van der Waals surface area contributed by atoms with Gasteiger partial charge in [0.05, 0.1) is 5.92 Å². The maximum Gasteiger partial charge on any atom is 0.225 e. The molecule has 0 aromatic heterocycles. The van der Waals surface area contributed by atoms with Crippen LogP contribution in [0.15, 0.2) is 0 Å². The van der Waals surface area contributed by atoms with Crippen molar-refractivity contribution in [3.8, 4) is 0 Å². The predicted molar refractivity (Wildman–Crippen MR) is 49.2 cm³/mol. The van der Waals surface area contributed by atoms with Crippen molar-refractivity contribution in [2.75, 3.05) is 6.54 Å². The van der Waals surface area contributed by atoms with Crippen molar-refractivity contribution in [1.29, 1.82) is 0 Å². The van der Waals surface area contributed by atoms with E-state index in [0.29, 0.717) is 17.9 Å². The van der Waals surface area contributed by atoms with Crippen molar-refractivity contribution in [2.45, 2.75) is 37.8 Å². The lowest BCUT2D eigenvalue weighted by Gasteiger charge is -2.34. The lowest BCUT2D eigenvalue weighted by Crippen LogP contribution is -2.50. The van der Waals surface area contributed by atoms with Gasteiger partial charge in [0, 0.05) is 11.6 Å². The molecule has 4 aliphatic rings. The van der Waals surface area contributed by atoms with Crippen molar-refractivity contribution < 1.29 is 4.79 Å². The Morgan fingerprint density at radius 1 is 1.54 bits per heavy atom. The SMILES string of the molecule is CC1(NC(=O)C2C3CNC2C3)CC1. The molecule has 2 bridgehead atoms. The minimum absolute atomic E-state index is 0.159. The van der Waals surface area contributed by atoms with E-state index < -0.39 is 0 Å². The summed E-state index contributed by atoms with van der Waals surface area (Å²) in [5.41, 5.74) is 0.159. The molecule has 0 aromatic rings. The zero-order chi connectivity index (χ0) is 9.05. The first-order chi connectivity index (χ1) is 6.18. The highest BCUT2D eigenvalue weighted by atomic mass is 16.2. The van der Waals surface area contributed by atoms with E-state index in [1.54, 1.807) is 0 Å². The van der Waals surface area contributed by atoms with Gasteiger partial charge in [-0.05, 0) is 38.6 Å². The van der Waals surface area contributed by atoms with Crippen LogP contribution in [-0.2, 0) is 4.79 Å². The van der Waals surface area contributed by atoms with Crippen molar-refractivity contribution in [3.63, 3.8) is 0 Å². The van der Waals surface area contributed by atoms with Gasteiger partial charge in [0.2, 0.25) is 5.91 Å². The average Bonchev–Trinajstić information content (AvgIpc) is 2.55. The fourth-order valence-electron chi connectivity index (χ4n) is 2.57. The highest BCUT2D eigenvalue weighted by Gasteiger charge is 2.52. The van der Waals surface area contributed by atoms with E-state index in [-0.39, 0.29) is 11.5 Å². The Kier molecular flexibility index (Phi) is 1.36. The molecular formula is C10H16N2O. The molecule has 4 fully saturated rings. The third kappa shape index (κ3) is 1.10. The molecule has 2 aliphatic heterocycles. The fraction of sp³-hybridized carbons (Fsp3) is 0.900.